The van der Waals surface area contributed by atoms with Gasteiger partial charge in [0.05, 0.1) is 11.1 Å². The van der Waals surface area contributed by atoms with Crippen LogP contribution in [0.15, 0.2) is 64.1 Å². The van der Waals surface area contributed by atoms with E-state index in [1.54, 1.807) is 25.1 Å². The van der Waals surface area contributed by atoms with E-state index in [2.05, 4.69) is 10.5 Å². The maximum atomic E-state index is 12.1. The maximum absolute atomic E-state index is 12.1. The van der Waals surface area contributed by atoms with Gasteiger partial charge in [0.2, 0.25) is 0 Å². The molecule has 2 aromatic carbocycles. The molecular weight excluding hydrogens is 378 g/mol. The summed E-state index contributed by atoms with van der Waals surface area (Å²) in [5.41, 5.74) is 3.52. The number of hydrogen-bond acceptors (Lipinski definition) is 7. The Kier molecular flexibility index (Phi) is 5.88. The smallest absolute Gasteiger partial charge is 0.311 e. The largest absolute Gasteiger partial charge is 0.508 e. The molecule has 9 nitrogen and oxygen atoms in total. The minimum Gasteiger partial charge on any atom is -0.508 e. The van der Waals surface area contributed by atoms with Crippen molar-refractivity contribution in [1.29, 1.82) is 0 Å². The number of nitro benzene ring substituents is 1. The highest BCUT2D eigenvalue weighted by Crippen LogP contribution is 2.28. The lowest BCUT2D eigenvalue weighted by Gasteiger charge is -2.05. The van der Waals surface area contributed by atoms with Gasteiger partial charge in [0.25, 0.3) is 0 Å². The highest BCUT2D eigenvalue weighted by Gasteiger charge is 2.16. The van der Waals surface area contributed by atoms with Crippen molar-refractivity contribution >= 4 is 17.8 Å². The van der Waals surface area contributed by atoms with Gasteiger partial charge in [-0.2, -0.15) is 5.10 Å². The third kappa shape index (κ3) is 5.19. The van der Waals surface area contributed by atoms with Crippen LogP contribution >= 0.6 is 0 Å². The van der Waals surface area contributed by atoms with Gasteiger partial charge in [-0.05, 0) is 48.4 Å². The molecule has 1 aromatic heterocycles. The third-order valence-electron chi connectivity index (χ3n) is 3.82. The molecule has 0 unspecified atom stereocenters. The molecule has 0 saturated heterocycles. The number of aryl methyl sites for hydroxylation is 1. The second-order valence-corrected chi connectivity index (χ2v) is 6.08. The van der Waals surface area contributed by atoms with Crippen LogP contribution in [0.4, 0.5) is 5.69 Å². The third-order valence-corrected chi connectivity index (χ3v) is 3.82. The number of carbonyl (C=O) groups excluding carboxylic acids is 1. The average Bonchev–Trinajstić information content (AvgIpc) is 3.16. The number of hydrazone groups is 1. The summed E-state index contributed by atoms with van der Waals surface area (Å²) in [6.07, 6.45) is 1.38. The molecule has 9 heteroatoms. The number of nitro groups is 1. The molecule has 3 rings (SSSR count). The number of aromatic hydroxyl groups is 1. The van der Waals surface area contributed by atoms with Crippen LogP contribution in [-0.2, 0) is 6.61 Å². The van der Waals surface area contributed by atoms with Crippen LogP contribution in [0.1, 0.15) is 27.4 Å². The van der Waals surface area contributed by atoms with Crippen LogP contribution in [-0.4, -0.2) is 22.2 Å². The molecule has 2 N–H and O–H groups in total. The van der Waals surface area contributed by atoms with E-state index < -0.39 is 10.8 Å². The second kappa shape index (κ2) is 8.70. The Morgan fingerprint density at radius 2 is 2.10 bits per heavy atom. The molecule has 0 aliphatic heterocycles. The number of amides is 1. The lowest BCUT2D eigenvalue weighted by Crippen LogP contribution is -2.16. The summed E-state index contributed by atoms with van der Waals surface area (Å²) in [5.74, 6) is -0.0468. The number of ether oxygens (including phenoxy) is 1. The summed E-state index contributed by atoms with van der Waals surface area (Å²) in [4.78, 5) is 22.7. The summed E-state index contributed by atoms with van der Waals surface area (Å²) in [6, 6.07) is 14.0. The van der Waals surface area contributed by atoms with Crippen molar-refractivity contribution in [1.82, 2.24) is 5.43 Å². The topological polar surface area (TPSA) is 127 Å². The first-order chi connectivity index (χ1) is 13.9. The highest BCUT2D eigenvalue weighted by atomic mass is 16.6. The summed E-state index contributed by atoms with van der Waals surface area (Å²) in [6.45, 7) is 1.67. The van der Waals surface area contributed by atoms with E-state index >= 15 is 0 Å². The zero-order chi connectivity index (χ0) is 20.8. The normalized spacial score (nSPS) is 10.8. The van der Waals surface area contributed by atoms with Gasteiger partial charge < -0.3 is 14.3 Å². The first-order valence-electron chi connectivity index (χ1n) is 8.51. The minimum atomic E-state index is -0.575. The minimum absolute atomic E-state index is 0.00932. The summed E-state index contributed by atoms with van der Waals surface area (Å²) in [5, 5.41) is 24.3. The van der Waals surface area contributed by atoms with Gasteiger partial charge in [0, 0.05) is 6.07 Å². The zero-order valence-electron chi connectivity index (χ0n) is 15.4. The van der Waals surface area contributed by atoms with Crippen LogP contribution < -0.4 is 10.2 Å². The molecule has 0 radical (unpaired) electrons. The SMILES string of the molecule is Cc1ccc(OCc2ccc(C(=O)N/N=C/c3cccc(O)c3)o2)c([N+](=O)[O-])c1. The number of phenols is 1. The Morgan fingerprint density at radius 1 is 1.28 bits per heavy atom. The first kappa shape index (κ1) is 19.6. The molecule has 0 fully saturated rings. The van der Waals surface area contributed by atoms with E-state index in [-0.39, 0.29) is 29.6 Å². The van der Waals surface area contributed by atoms with Crippen molar-refractivity contribution in [3.05, 3.63) is 87.4 Å². The monoisotopic (exact) mass is 395 g/mol. The number of benzene rings is 2. The molecule has 29 heavy (non-hydrogen) atoms. The van der Waals surface area contributed by atoms with Crippen LogP contribution in [0, 0.1) is 17.0 Å². The Balaban J connectivity index is 1.59. The van der Waals surface area contributed by atoms with Gasteiger partial charge in [-0.3, -0.25) is 14.9 Å². The van der Waals surface area contributed by atoms with Crippen molar-refractivity contribution in [3.63, 3.8) is 0 Å². The lowest BCUT2D eigenvalue weighted by molar-refractivity contribution is -0.386. The standard InChI is InChI=1S/C20H17N3O6/c1-13-5-7-18(17(9-13)23(26)27)28-12-16-6-8-19(29-16)20(25)22-21-11-14-3-2-4-15(24)10-14/h2-11,24H,12H2,1H3,(H,22,25)/b21-11+. The number of furan rings is 1. The van der Waals surface area contributed by atoms with E-state index in [1.165, 1.54) is 42.6 Å². The number of nitrogens with zero attached hydrogens (tertiary/aromatic N) is 2. The summed E-state index contributed by atoms with van der Waals surface area (Å²) < 4.78 is 10.9. The van der Waals surface area contributed by atoms with Gasteiger partial charge in [0.1, 0.15) is 18.1 Å². The van der Waals surface area contributed by atoms with Crippen molar-refractivity contribution in [2.45, 2.75) is 13.5 Å². The molecule has 0 saturated carbocycles. The zero-order valence-corrected chi connectivity index (χ0v) is 15.4. The van der Waals surface area contributed by atoms with Gasteiger partial charge in [-0.25, -0.2) is 5.43 Å². The van der Waals surface area contributed by atoms with E-state index in [9.17, 15) is 20.0 Å². The van der Waals surface area contributed by atoms with E-state index in [0.29, 0.717) is 11.3 Å². The molecule has 3 aromatic rings. The fourth-order valence-corrected chi connectivity index (χ4v) is 2.44. The molecule has 0 spiro atoms. The van der Waals surface area contributed by atoms with Gasteiger partial charge >= 0.3 is 11.6 Å². The highest BCUT2D eigenvalue weighted by molar-refractivity contribution is 5.92. The van der Waals surface area contributed by atoms with Crippen molar-refractivity contribution < 1.29 is 24.0 Å². The van der Waals surface area contributed by atoms with Crippen molar-refractivity contribution in [2.75, 3.05) is 0 Å². The number of phenolic OH excluding ortho intramolecular Hbond substituents is 1. The summed E-state index contributed by atoms with van der Waals surface area (Å²) in [7, 11) is 0. The van der Waals surface area contributed by atoms with E-state index in [4.69, 9.17) is 9.15 Å². The Morgan fingerprint density at radius 3 is 2.86 bits per heavy atom. The van der Waals surface area contributed by atoms with Crippen LogP contribution in [0.2, 0.25) is 0 Å². The van der Waals surface area contributed by atoms with Crippen LogP contribution in [0.3, 0.4) is 0 Å². The molecule has 148 valence electrons. The fraction of sp³-hybridized carbons (Fsp3) is 0.100. The average molecular weight is 395 g/mol. The Bertz CT molecular complexity index is 1070. The van der Waals surface area contributed by atoms with Gasteiger partial charge in [0.15, 0.2) is 11.5 Å². The molecule has 0 aliphatic rings. The molecule has 0 atom stereocenters. The Labute approximate surface area is 165 Å². The Hall–Kier alpha value is -4.14. The molecule has 1 amide bonds. The first-order valence-corrected chi connectivity index (χ1v) is 8.51. The summed E-state index contributed by atoms with van der Waals surface area (Å²) >= 11 is 0. The predicted octanol–water partition coefficient (Wildman–Crippen LogP) is 3.54. The van der Waals surface area contributed by atoms with Crippen molar-refractivity contribution in [3.8, 4) is 11.5 Å². The van der Waals surface area contributed by atoms with Crippen molar-refractivity contribution in [2.24, 2.45) is 5.10 Å². The molecular formula is C20H17N3O6. The molecule has 0 bridgehead atoms. The quantitative estimate of drug-likeness (QED) is 0.358. The van der Waals surface area contributed by atoms with Crippen LogP contribution in [0.5, 0.6) is 11.5 Å². The molecule has 1 heterocycles. The number of carbonyl (C=O) groups is 1. The van der Waals surface area contributed by atoms with E-state index in [1.807, 2.05) is 0 Å². The lowest BCUT2D eigenvalue weighted by atomic mass is 10.2. The second-order valence-electron chi connectivity index (χ2n) is 6.08. The van der Waals surface area contributed by atoms with Gasteiger partial charge in [-0.1, -0.05) is 18.2 Å². The van der Waals surface area contributed by atoms with Gasteiger partial charge in [-0.15, -0.1) is 0 Å². The predicted molar refractivity (Wildman–Crippen MR) is 104 cm³/mol. The number of hydrogen-bond donors (Lipinski definition) is 2. The maximum Gasteiger partial charge on any atom is 0.311 e. The number of nitrogens with one attached hydrogen (secondary N) is 1. The van der Waals surface area contributed by atoms with E-state index in [0.717, 1.165) is 5.56 Å². The van der Waals surface area contributed by atoms with Crippen LogP contribution in [0.25, 0.3) is 0 Å². The fourth-order valence-electron chi connectivity index (χ4n) is 2.44. The number of rotatable bonds is 7. The molecule has 0 aliphatic carbocycles.